The van der Waals surface area contributed by atoms with E-state index >= 15 is 0 Å². The number of alkyl halides is 3. The molecule has 0 radical (unpaired) electrons. The van der Waals surface area contributed by atoms with Crippen LogP contribution in [0, 0.1) is 5.92 Å². The monoisotopic (exact) mass is 286 g/mol. The number of halogens is 3. The van der Waals surface area contributed by atoms with Gasteiger partial charge in [0.05, 0.1) is 5.56 Å². The lowest BCUT2D eigenvalue weighted by Gasteiger charge is -2.43. The molecule has 1 N–H and O–H groups in total. The average Bonchev–Trinajstić information content (AvgIpc) is 2.37. The van der Waals surface area contributed by atoms with Crippen molar-refractivity contribution in [1.29, 1.82) is 0 Å². The molecule has 2 atom stereocenters. The van der Waals surface area contributed by atoms with Crippen molar-refractivity contribution in [3.05, 3.63) is 29.8 Å². The van der Waals surface area contributed by atoms with Crippen LogP contribution in [0.5, 0.6) is 0 Å². The number of benzene rings is 1. The summed E-state index contributed by atoms with van der Waals surface area (Å²) >= 11 is 0. The summed E-state index contributed by atoms with van der Waals surface area (Å²) in [7, 11) is 0. The topological polar surface area (TPSA) is 15.3 Å². The number of anilines is 1. The first-order chi connectivity index (χ1) is 9.29. The minimum atomic E-state index is -4.27. The van der Waals surface area contributed by atoms with Crippen LogP contribution in [0.1, 0.15) is 26.3 Å². The van der Waals surface area contributed by atoms with Crippen LogP contribution in [0.4, 0.5) is 18.9 Å². The molecular weight excluding hydrogens is 265 g/mol. The number of nitrogens with one attached hydrogen (secondary N) is 1. The highest BCUT2D eigenvalue weighted by molar-refractivity contribution is 5.50. The summed E-state index contributed by atoms with van der Waals surface area (Å²) in [4.78, 5) is 2.21. The van der Waals surface area contributed by atoms with Crippen molar-refractivity contribution < 1.29 is 13.2 Å². The Labute approximate surface area is 118 Å². The van der Waals surface area contributed by atoms with Gasteiger partial charge in [-0.2, -0.15) is 13.2 Å². The molecule has 20 heavy (non-hydrogen) atoms. The molecular formula is C15H21F3N2. The zero-order chi connectivity index (χ0) is 14.9. The normalized spacial score (nSPS) is 24.2. The van der Waals surface area contributed by atoms with E-state index in [9.17, 15) is 13.2 Å². The molecule has 2 rings (SSSR count). The van der Waals surface area contributed by atoms with E-state index in [1.54, 1.807) is 12.1 Å². The van der Waals surface area contributed by atoms with Crippen LogP contribution in [0.2, 0.25) is 0 Å². The molecule has 5 heteroatoms. The maximum absolute atomic E-state index is 12.6. The van der Waals surface area contributed by atoms with Gasteiger partial charge in [0, 0.05) is 30.9 Å². The summed E-state index contributed by atoms with van der Waals surface area (Å²) in [5.41, 5.74) is 0.274. The minimum absolute atomic E-state index is 0.308. The van der Waals surface area contributed by atoms with Crippen LogP contribution in [0.15, 0.2) is 24.3 Å². The minimum Gasteiger partial charge on any atom is -0.365 e. The van der Waals surface area contributed by atoms with Crippen LogP contribution in [-0.2, 0) is 6.18 Å². The van der Waals surface area contributed by atoms with E-state index in [-0.39, 0.29) is 0 Å². The first kappa shape index (κ1) is 15.2. The second-order valence-corrected chi connectivity index (χ2v) is 5.82. The van der Waals surface area contributed by atoms with E-state index in [1.165, 1.54) is 12.1 Å². The summed E-state index contributed by atoms with van der Waals surface area (Å²) < 4.78 is 37.8. The van der Waals surface area contributed by atoms with Gasteiger partial charge in [0.15, 0.2) is 0 Å². The van der Waals surface area contributed by atoms with Crippen molar-refractivity contribution in [3.8, 4) is 0 Å². The first-order valence-electron chi connectivity index (χ1n) is 6.96. The van der Waals surface area contributed by atoms with E-state index in [2.05, 4.69) is 31.0 Å². The molecule has 1 saturated heterocycles. The smallest absolute Gasteiger partial charge is 0.365 e. The van der Waals surface area contributed by atoms with Gasteiger partial charge in [-0.3, -0.25) is 0 Å². The highest BCUT2D eigenvalue weighted by Crippen LogP contribution is 2.31. The fourth-order valence-electron chi connectivity index (χ4n) is 2.66. The van der Waals surface area contributed by atoms with Crippen molar-refractivity contribution >= 4 is 5.69 Å². The van der Waals surface area contributed by atoms with Crippen molar-refractivity contribution in [3.63, 3.8) is 0 Å². The third-order valence-electron chi connectivity index (χ3n) is 3.84. The average molecular weight is 286 g/mol. The maximum atomic E-state index is 12.6. The second kappa shape index (κ2) is 5.64. The quantitative estimate of drug-likeness (QED) is 0.894. The summed E-state index contributed by atoms with van der Waals surface area (Å²) in [6, 6.07) is 6.14. The Balaban J connectivity index is 2.23. The van der Waals surface area contributed by atoms with Gasteiger partial charge in [-0.15, -0.1) is 0 Å². The molecule has 1 aromatic rings. The van der Waals surface area contributed by atoms with Gasteiger partial charge in [0.1, 0.15) is 0 Å². The molecule has 1 aromatic carbocycles. The van der Waals surface area contributed by atoms with Gasteiger partial charge < -0.3 is 10.2 Å². The van der Waals surface area contributed by atoms with Gasteiger partial charge >= 0.3 is 6.18 Å². The summed E-state index contributed by atoms with van der Waals surface area (Å²) in [5.74, 6) is 0.442. The zero-order valence-electron chi connectivity index (χ0n) is 12.0. The fourth-order valence-corrected chi connectivity index (χ4v) is 2.66. The summed E-state index contributed by atoms with van der Waals surface area (Å²) in [6.07, 6.45) is -4.27. The molecule has 0 saturated carbocycles. The molecule has 1 aliphatic heterocycles. The lowest BCUT2D eigenvalue weighted by atomic mass is 9.97. The number of piperazine rings is 1. The molecule has 0 bridgehead atoms. The fraction of sp³-hybridized carbons (Fsp3) is 0.600. The third kappa shape index (κ3) is 3.26. The Morgan fingerprint density at radius 1 is 1.20 bits per heavy atom. The van der Waals surface area contributed by atoms with E-state index < -0.39 is 11.7 Å². The Kier molecular flexibility index (Phi) is 4.28. The summed E-state index contributed by atoms with van der Waals surface area (Å²) in [5, 5.41) is 3.43. The van der Waals surface area contributed by atoms with Crippen LogP contribution < -0.4 is 10.2 Å². The summed E-state index contributed by atoms with van der Waals surface area (Å²) in [6.45, 7) is 8.04. The molecule has 1 fully saturated rings. The Morgan fingerprint density at radius 3 is 2.30 bits per heavy atom. The lowest BCUT2D eigenvalue weighted by Crippen LogP contribution is -2.57. The van der Waals surface area contributed by atoms with Crippen molar-refractivity contribution in [2.45, 2.75) is 39.0 Å². The molecule has 112 valence electrons. The van der Waals surface area contributed by atoms with E-state index in [1.807, 2.05) is 0 Å². The van der Waals surface area contributed by atoms with Crippen LogP contribution >= 0.6 is 0 Å². The molecule has 0 spiro atoms. The van der Waals surface area contributed by atoms with Crippen molar-refractivity contribution in [2.75, 3.05) is 18.0 Å². The van der Waals surface area contributed by atoms with Crippen LogP contribution in [-0.4, -0.2) is 25.2 Å². The zero-order valence-corrected chi connectivity index (χ0v) is 12.0. The number of rotatable bonds is 2. The lowest BCUT2D eigenvalue weighted by molar-refractivity contribution is -0.137. The molecule has 1 heterocycles. The number of nitrogens with zero attached hydrogens (tertiary/aromatic N) is 1. The highest BCUT2D eigenvalue weighted by atomic mass is 19.4. The molecule has 2 unspecified atom stereocenters. The van der Waals surface area contributed by atoms with E-state index in [4.69, 9.17) is 0 Å². The van der Waals surface area contributed by atoms with Gasteiger partial charge in [-0.25, -0.2) is 0 Å². The molecule has 2 nitrogen and oxygen atoms in total. The Morgan fingerprint density at radius 2 is 1.80 bits per heavy atom. The first-order valence-corrected chi connectivity index (χ1v) is 6.96. The third-order valence-corrected chi connectivity index (χ3v) is 3.84. The Bertz CT molecular complexity index is 439. The highest BCUT2D eigenvalue weighted by Gasteiger charge is 2.32. The number of hydrogen-bond acceptors (Lipinski definition) is 2. The van der Waals surface area contributed by atoms with E-state index in [0.717, 1.165) is 18.8 Å². The SMILES string of the molecule is CC1CN(c2ccc(C(F)(F)F)cc2)C(C(C)C)CN1. The Hall–Kier alpha value is -1.23. The van der Waals surface area contributed by atoms with Gasteiger partial charge in [-0.1, -0.05) is 13.8 Å². The van der Waals surface area contributed by atoms with Crippen molar-refractivity contribution in [2.24, 2.45) is 5.92 Å². The molecule has 0 amide bonds. The standard InChI is InChI=1S/C15H21F3N2/c1-10(2)14-8-19-11(3)9-20(14)13-6-4-12(5-7-13)15(16,17)18/h4-7,10-11,14,19H,8-9H2,1-3H3. The van der Waals surface area contributed by atoms with Crippen molar-refractivity contribution in [1.82, 2.24) is 5.32 Å². The predicted molar refractivity (Wildman–Crippen MR) is 74.9 cm³/mol. The maximum Gasteiger partial charge on any atom is 0.416 e. The van der Waals surface area contributed by atoms with Crippen LogP contribution in [0.3, 0.4) is 0 Å². The molecule has 1 aliphatic rings. The molecule has 0 aliphatic carbocycles. The van der Waals surface area contributed by atoms with Gasteiger partial charge in [0.25, 0.3) is 0 Å². The second-order valence-electron chi connectivity index (χ2n) is 5.82. The van der Waals surface area contributed by atoms with Gasteiger partial charge in [-0.05, 0) is 37.1 Å². The van der Waals surface area contributed by atoms with Gasteiger partial charge in [0.2, 0.25) is 0 Å². The van der Waals surface area contributed by atoms with E-state index in [0.29, 0.717) is 18.0 Å². The van der Waals surface area contributed by atoms with Crippen LogP contribution in [0.25, 0.3) is 0 Å². The largest absolute Gasteiger partial charge is 0.416 e. The number of hydrogen-bond donors (Lipinski definition) is 1. The molecule has 0 aromatic heterocycles. The predicted octanol–water partition coefficient (Wildman–Crippen LogP) is 3.53.